The van der Waals surface area contributed by atoms with E-state index >= 15 is 0 Å². The first-order valence-electron chi connectivity index (χ1n) is 9.68. The molecule has 0 aliphatic rings. The maximum atomic E-state index is 12.6. The van der Waals surface area contributed by atoms with Gasteiger partial charge in [0.05, 0.1) is 5.56 Å². The minimum absolute atomic E-state index is 0.269. The molecule has 0 aliphatic carbocycles. The number of hydrogen-bond acceptors (Lipinski definition) is 3. The Morgan fingerprint density at radius 2 is 1.59 bits per heavy atom. The van der Waals surface area contributed by atoms with E-state index in [1.54, 1.807) is 12.1 Å². The molecule has 29 heavy (non-hydrogen) atoms. The highest BCUT2D eigenvalue weighted by Crippen LogP contribution is 2.27. The predicted molar refractivity (Wildman–Crippen MR) is 116 cm³/mol. The van der Waals surface area contributed by atoms with Gasteiger partial charge in [0.2, 0.25) is 0 Å². The number of carbonyl (C=O) groups excluding carboxylic acids is 2. The topological polar surface area (TPSA) is 55.4 Å². The summed E-state index contributed by atoms with van der Waals surface area (Å²) in [4.78, 5) is 25.1. The molecule has 0 heterocycles. The van der Waals surface area contributed by atoms with Crippen molar-refractivity contribution in [2.45, 2.75) is 26.7 Å². The summed E-state index contributed by atoms with van der Waals surface area (Å²) >= 11 is 0. The van der Waals surface area contributed by atoms with Gasteiger partial charge in [0, 0.05) is 5.69 Å². The van der Waals surface area contributed by atoms with Gasteiger partial charge < -0.3 is 10.1 Å². The lowest BCUT2D eigenvalue weighted by molar-refractivity contribution is -0.119. The third-order valence-corrected chi connectivity index (χ3v) is 4.76. The molecule has 0 aromatic heterocycles. The number of benzene rings is 3. The summed E-state index contributed by atoms with van der Waals surface area (Å²) in [6, 6.07) is 22.8. The van der Waals surface area contributed by atoms with Crippen LogP contribution < -0.4 is 5.32 Å². The second kappa shape index (κ2) is 9.20. The first-order chi connectivity index (χ1) is 14.0. The summed E-state index contributed by atoms with van der Waals surface area (Å²) in [5, 5.41) is 2.90. The fourth-order valence-corrected chi connectivity index (χ4v) is 3.26. The van der Waals surface area contributed by atoms with E-state index in [0.29, 0.717) is 5.56 Å². The quantitative estimate of drug-likeness (QED) is 0.562. The molecule has 4 nitrogen and oxygen atoms in total. The van der Waals surface area contributed by atoms with E-state index in [0.717, 1.165) is 27.9 Å². The molecule has 3 rings (SSSR count). The minimum atomic E-state index is -0.520. The molecule has 0 fully saturated rings. The van der Waals surface area contributed by atoms with Crippen molar-refractivity contribution in [2.75, 3.05) is 11.9 Å². The van der Waals surface area contributed by atoms with Crippen LogP contribution in [0.25, 0.3) is 11.1 Å². The molecule has 0 unspecified atom stereocenters. The van der Waals surface area contributed by atoms with Gasteiger partial charge in [-0.2, -0.15) is 0 Å². The SMILES string of the molecule is Cc1cccc(C(C)C)c1NC(=O)COC(=O)c1ccccc1-c1ccccc1. The van der Waals surface area contributed by atoms with Crippen LogP contribution in [0.1, 0.15) is 41.3 Å². The Labute approximate surface area is 171 Å². The van der Waals surface area contributed by atoms with E-state index in [9.17, 15) is 9.59 Å². The Bertz CT molecular complexity index is 1010. The highest BCUT2D eigenvalue weighted by Gasteiger charge is 2.17. The Morgan fingerprint density at radius 3 is 2.31 bits per heavy atom. The lowest BCUT2D eigenvalue weighted by Gasteiger charge is -2.16. The lowest BCUT2D eigenvalue weighted by Crippen LogP contribution is -2.22. The summed E-state index contributed by atoms with van der Waals surface area (Å²) < 4.78 is 5.31. The number of ether oxygens (including phenoxy) is 1. The van der Waals surface area contributed by atoms with E-state index in [-0.39, 0.29) is 18.4 Å². The lowest BCUT2D eigenvalue weighted by atomic mass is 9.98. The summed E-state index contributed by atoms with van der Waals surface area (Å²) in [6.07, 6.45) is 0. The molecule has 0 spiro atoms. The maximum absolute atomic E-state index is 12.6. The largest absolute Gasteiger partial charge is 0.452 e. The van der Waals surface area contributed by atoms with Crippen LogP contribution in [-0.4, -0.2) is 18.5 Å². The third kappa shape index (κ3) is 4.91. The summed E-state index contributed by atoms with van der Waals surface area (Å²) in [7, 11) is 0. The van der Waals surface area contributed by atoms with Crippen molar-refractivity contribution < 1.29 is 14.3 Å². The molecule has 3 aromatic carbocycles. The molecule has 0 bridgehead atoms. The van der Waals surface area contributed by atoms with Crippen molar-refractivity contribution in [1.29, 1.82) is 0 Å². The Hall–Kier alpha value is -3.40. The average molecular weight is 387 g/mol. The first kappa shape index (κ1) is 20.3. The van der Waals surface area contributed by atoms with Crippen LogP contribution in [0.4, 0.5) is 5.69 Å². The number of esters is 1. The van der Waals surface area contributed by atoms with E-state index in [1.807, 2.05) is 67.6 Å². The number of rotatable bonds is 6. The van der Waals surface area contributed by atoms with Crippen LogP contribution in [0.3, 0.4) is 0 Å². The van der Waals surface area contributed by atoms with Crippen molar-refractivity contribution in [3.8, 4) is 11.1 Å². The summed E-state index contributed by atoms with van der Waals surface area (Å²) in [5.41, 5.74) is 4.95. The standard InChI is InChI=1S/C25H25NO3/c1-17(2)20-15-9-10-18(3)24(20)26-23(27)16-29-25(28)22-14-8-7-13-21(22)19-11-5-4-6-12-19/h4-15,17H,16H2,1-3H3,(H,26,27). The second-order valence-electron chi connectivity index (χ2n) is 7.23. The normalized spacial score (nSPS) is 10.6. The molecule has 0 saturated carbocycles. The van der Waals surface area contributed by atoms with E-state index in [4.69, 9.17) is 4.74 Å². The fourth-order valence-electron chi connectivity index (χ4n) is 3.26. The van der Waals surface area contributed by atoms with Gasteiger partial charge in [-0.25, -0.2) is 4.79 Å². The Balaban J connectivity index is 1.71. The van der Waals surface area contributed by atoms with Crippen molar-refractivity contribution in [3.05, 3.63) is 89.5 Å². The van der Waals surface area contributed by atoms with Gasteiger partial charge in [0.1, 0.15) is 0 Å². The number of nitrogens with one attached hydrogen (secondary N) is 1. The molecular weight excluding hydrogens is 362 g/mol. The van der Waals surface area contributed by atoms with E-state index < -0.39 is 5.97 Å². The van der Waals surface area contributed by atoms with Crippen molar-refractivity contribution in [2.24, 2.45) is 0 Å². The van der Waals surface area contributed by atoms with Crippen LogP contribution in [-0.2, 0) is 9.53 Å². The highest BCUT2D eigenvalue weighted by atomic mass is 16.5. The molecule has 1 amide bonds. The van der Waals surface area contributed by atoms with Gasteiger partial charge in [-0.1, -0.05) is 80.6 Å². The van der Waals surface area contributed by atoms with Gasteiger partial charge >= 0.3 is 5.97 Å². The van der Waals surface area contributed by atoms with Crippen LogP contribution in [0.15, 0.2) is 72.8 Å². The van der Waals surface area contributed by atoms with Crippen LogP contribution in [0.2, 0.25) is 0 Å². The monoisotopic (exact) mass is 387 g/mol. The smallest absolute Gasteiger partial charge is 0.339 e. The Kier molecular flexibility index (Phi) is 6.45. The molecule has 1 N–H and O–H groups in total. The minimum Gasteiger partial charge on any atom is -0.452 e. The summed E-state index contributed by atoms with van der Waals surface area (Å²) in [5.74, 6) is -0.606. The van der Waals surface area contributed by atoms with Crippen molar-refractivity contribution >= 4 is 17.6 Å². The molecule has 0 saturated heterocycles. The average Bonchev–Trinajstić information content (AvgIpc) is 2.74. The van der Waals surface area contributed by atoms with Gasteiger partial charge in [-0.15, -0.1) is 0 Å². The number of anilines is 1. The van der Waals surface area contributed by atoms with E-state index in [2.05, 4.69) is 19.2 Å². The second-order valence-corrected chi connectivity index (χ2v) is 7.23. The summed E-state index contributed by atoms with van der Waals surface area (Å²) in [6.45, 7) is 5.76. The van der Waals surface area contributed by atoms with Gasteiger partial charge in [-0.05, 0) is 41.2 Å². The van der Waals surface area contributed by atoms with E-state index in [1.165, 1.54) is 0 Å². The molecular formula is C25H25NO3. The number of amides is 1. The number of para-hydroxylation sites is 1. The fraction of sp³-hybridized carbons (Fsp3) is 0.200. The molecule has 3 aromatic rings. The first-order valence-corrected chi connectivity index (χ1v) is 9.68. The molecule has 148 valence electrons. The number of carbonyl (C=O) groups is 2. The van der Waals surface area contributed by atoms with Gasteiger partial charge in [0.15, 0.2) is 6.61 Å². The Morgan fingerprint density at radius 1 is 0.897 bits per heavy atom. The zero-order valence-electron chi connectivity index (χ0n) is 16.9. The molecule has 0 radical (unpaired) electrons. The zero-order chi connectivity index (χ0) is 20.8. The number of hydrogen-bond donors (Lipinski definition) is 1. The van der Waals surface area contributed by atoms with Crippen molar-refractivity contribution in [3.63, 3.8) is 0 Å². The van der Waals surface area contributed by atoms with Gasteiger partial charge in [-0.3, -0.25) is 4.79 Å². The van der Waals surface area contributed by atoms with Crippen LogP contribution in [0.5, 0.6) is 0 Å². The molecule has 4 heteroatoms. The predicted octanol–water partition coefficient (Wildman–Crippen LogP) is 5.58. The van der Waals surface area contributed by atoms with Crippen LogP contribution >= 0.6 is 0 Å². The molecule has 0 aliphatic heterocycles. The highest BCUT2D eigenvalue weighted by molar-refractivity contribution is 6.00. The van der Waals surface area contributed by atoms with Crippen molar-refractivity contribution in [1.82, 2.24) is 0 Å². The zero-order valence-corrected chi connectivity index (χ0v) is 16.9. The third-order valence-electron chi connectivity index (χ3n) is 4.76. The molecule has 0 atom stereocenters. The van der Waals surface area contributed by atoms with Crippen LogP contribution in [0, 0.1) is 6.92 Å². The van der Waals surface area contributed by atoms with Gasteiger partial charge in [0.25, 0.3) is 5.91 Å². The number of aryl methyl sites for hydroxylation is 1. The maximum Gasteiger partial charge on any atom is 0.339 e.